The Balaban J connectivity index is 1.97. The van der Waals surface area contributed by atoms with Gasteiger partial charge in [-0.2, -0.15) is 0 Å². The van der Waals surface area contributed by atoms with Gasteiger partial charge in [0, 0.05) is 18.8 Å². The van der Waals surface area contributed by atoms with Crippen molar-refractivity contribution in [1.29, 1.82) is 0 Å². The van der Waals surface area contributed by atoms with E-state index in [-0.39, 0.29) is 0 Å². The van der Waals surface area contributed by atoms with Gasteiger partial charge in [-0.3, -0.25) is 4.90 Å². The molecular weight excluding hydrogens is 260 g/mol. The first-order chi connectivity index (χ1) is 10.2. The van der Waals surface area contributed by atoms with Gasteiger partial charge in [0.05, 0.1) is 0 Å². The molecule has 0 atom stereocenters. The third-order valence-corrected chi connectivity index (χ3v) is 3.63. The monoisotopic (exact) mass is 284 g/mol. The minimum Gasteiger partial charge on any atom is -0.508 e. The number of aromatic hydroxyl groups is 1. The van der Waals surface area contributed by atoms with E-state index in [1.165, 1.54) is 5.56 Å². The lowest BCUT2D eigenvalue weighted by Gasteiger charge is -2.18. The van der Waals surface area contributed by atoms with Crippen molar-refractivity contribution < 1.29 is 5.11 Å². The second-order valence-electron chi connectivity index (χ2n) is 5.19. The number of hydrogen-bond donors (Lipinski definition) is 2. The fourth-order valence-corrected chi connectivity index (χ4v) is 2.36. The molecule has 3 heteroatoms. The predicted molar refractivity (Wildman–Crippen MR) is 88.5 cm³/mol. The summed E-state index contributed by atoms with van der Waals surface area (Å²) < 4.78 is 0. The van der Waals surface area contributed by atoms with Crippen LogP contribution in [-0.4, -0.2) is 23.1 Å². The van der Waals surface area contributed by atoms with Crippen LogP contribution in [0.4, 0.5) is 5.69 Å². The van der Waals surface area contributed by atoms with Crippen molar-refractivity contribution in [2.75, 3.05) is 18.4 Å². The normalized spacial score (nSPS) is 10.8. The molecule has 0 saturated carbocycles. The van der Waals surface area contributed by atoms with Gasteiger partial charge < -0.3 is 10.4 Å². The lowest BCUT2D eigenvalue weighted by atomic mass is 10.1. The highest BCUT2D eigenvalue weighted by molar-refractivity contribution is 5.46. The van der Waals surface area contributed by atoms with E-state index in [4.69, 9.17) is 0 Å². The van der Waals surface area contributed by atoms with Crippen LogP contribution in [0.3, 0.4) is 0 Å². The molecule has 0 fully saturated rings. The summed E-state index contributed by atoms with van der Waals surface area (Å²) in [5, 5.41) is 12.9. The Bertz CT molecular complexity index is 565. The average Bonchev–Trinajstić information content (AvgIpc) is 2.51. The maximum atomic E-state index is 9.47. The third kappa shape index (κ3) is 4.80. The van der Waals surface area contributed by atoms with E-state index in [0.29, 0.717) is 12.3 Å². The zero-order chi connectivity index (χ0) is 15.1. The van der Waals surface area contributed by atoms with E-state index < -0.39 is 0 Å². The first-order valence-corrected chi connectivity index (χ1v) is 7.54. The lowest BCUT2D eigenvalue weighted by molar-refractivity contribution is 0.296. The molecule has 0 aromatic heterocycles. The topological polar surface area (TPSA) is 35.5 Å². The van der Waals surface area contributed by atoms with Crippen molar-refractivity contribution in [2.24, 2.45) is 0 Å². The summed E-state index contributed by atoms with van der Waals surface area (Å²) in [6.07, 6.45) is 0. The van der Waals surface area contributed by atoms with Crippen molar-refractivity contribution in [3.63, 3.8) is 0 Å². The quantitative estimate of drug-likeness (QED) is 0.810. The van der Waals surface area contributed by atoms with Gasteiger partial charge >= 0.3 is 0 Å². The first kappa shape index (κ1) is 15.4. The van der Waals surface area contributed by atoms with E-state index in [1.807, 2.05) is 12.1 Å². The molecule has 21 heavy (non-hydrogen) atoms. The summed E-state index contributed by atoms with van der Waals surface area (Å²) in [6.45, 7) is 8.20. The highest BCUT2D eigenvalue weighted by Crippen LogP contribution is 2.16. The molecule has 0 saturated heterocycles. The largest absolute Gasteiger partial charge is 0.508 e. The fourth-order valence-electron chi connectivity index (χ4n) is 2.36. The number of phenols is 1. The molecule has 0 aliphatic rings. The van der Waals surface area contributed by atoms with Gasteiger partial charge in [0.25, 0.3) is 0 Å². The minimum atomic E-state index is 0.310. The summed E-state index contributed by atoms with van der Waals surface area (Å²) in [4.78, 5) is 2.40. The van der Waals surface area contributed by atoms with Crippen LogP contribution in [0.15, 0.2) is 48.5 Å². The molecule has 2 aromatic rings. The molecule has 2 N–H and O–H groups in total. The Morgan fingerprint density at radius 1 is 0.952 bits per heavy atom. The summed E-state index contributed by atoms with van der Waals surface area (Å²) in [5.41, 5.74) is 3.51. The molecule has 0 radical (unpaired) electrons. The third-order valence-electron chi connectivity index (χ3n) is 3.63. The zero-order valence-electron chi connectivity index (χ0n) is 12.8. The van der Waals surface area contributed by atoms with Crippen LogP contribution >= 0.6 is 0 Å². The lowest BCUT2D eigenvalue weighted by Crippen LogP contribution is -2.22. The van der Waals surface area contributed by atoms with Crippen LogP contribution in [0, 0.1) is 0 Å². The number of rotatable bonds is 7. The van der Waals surface area contributed by atoms with Crippen LogP contribution in [0.5, 0.6) is 5.75 Å². The first-order valence-electron chi connectivity index (χ1n) is 7.54. The van der Waals surface area contributed by atoms with Gasteiger partial charge in [-0.1, -0.05) is 38.1 Å². The molecule has 2 aromatic carbocycles. The smallest absolute Gasteiger partial charge is 0.115 e. The van der Waals surface area contributed by atoms with Gasteiger partial charge in [0.15, 0.2) is 0 Å². The molecule has 3 nitrogen and oxygen atoms in total. The van der Waals surface area contributed by atoms with Gasteiger partial charge in [-0.05, 0) is 48.5 Å². The predicted octanol–water partition coefficient (Wildman–Crippen LogP) is 3.85. The summed E-state index contributed by atoms with van der Waals surface area (Å²) in [6, 6.07) is 15.9. The van der Waals surface area contributed by atoms with Crippen molar-refractivity contribution >= 4 is 5.69 Å². The molecule has 2 rings (SSSR count). The Morgan fingerprint density at radius 3 is 2.38 bits per heavy atom. The second-order valence-corrected chi connectivity index (χ2v) is 5.19. The van der Waals surface area contributed by atoms with E-state index in [0.717, 1.165) is 30.9 Å². The summed E-state index contributed by atoms with van der Waals surface area (Å²) in [5.74, 6) is 0.310. The van der Waals surface area contributed by atoms with E-state index in [1.54, 1.807) is 12.1 Å². The van der Waals surface area contributed by atoms with Crippen molar-refractivity contribution in [3.8, 4) is 5.75 Å². The molecule has 112 valence electrons. The van der Waals surface area contributed by atoms with Crippen LogP contribution < -0.4 is 5.32 Å². The minimum absolute atomic E-state index is 0.310. The van der Waals surface area contributed by atoms with Gasteiger partial charge in [0.2, 0.25) is 0 Å². The number of benzene rings is 2. The second kappa shape index (κ2) is 7.70. The SMILES string of the molecule is CCN(CC)Cc1cccc(NCc2cccc(O)c2)c1. The Hall–Kier alpha value is -2.00. The highest BCUT2D eigenvalue weighted by atomic mass is 16.3. The van der Waals surface area contributed by atoms with E-state index >= 15 is 0 Å². The van der Waals surface area contributed by atoms with Crippen molar-refractivity contribution in [2.45, 2.75) is 26.9 Å². The van der Waals surface area contributed by atoms with Crippen LogP contribution in [0.1, 0.15) is 25.0 Å². The molecule has 0 aliphatic heterocycles. The van der Waals surface area contributed by atoms with Gasteiger partial charge in [0.1, 0.15) is 5.75 Å². The summed E-state index contributed by atoms with van der Waals surface area (Å²) in [7, 11) is 0. The van der Waals surface area contributed by atoms with Crippen molar-refractivity contribution in [3.05, 3.63) is 59.7 Å². The summed E-state index contributed by atoms with van der Waals surface area (Å²) >= 11 is 0. The van der Waals surface area contributed by atoms with Crippen LogP contribution in [0.25, 0.3) is 0 Å². The number of hydrogen-bond acceptors (Lipinski definition) is 3. The Labute approximate surface area is 127 Å². The van der Waals surface area contributed by atoms with Gasteiger partial charge in [-0.15, -0.1) is 0 Å². The van der Waals surface area contributed by atoms with E-state index in [2.05, 4.69) is 48.3 Å². The Morgan fingerprint density at radius 2 is 1.67 bits per heavy atom. The van der Waals surface area contributed by atoms with Crippen LogP contribution in [0.2, 0.25) is 0 Å². The molecular formula is C18H24N2O. The molecule has 0 spiro atoms. The Kier molecular flexibility index (Phi) is 5.64. The fraction of sp³-hybridized carbons (Fsp3) is 0.333. The number of nitrogens with zero attached hydrogens (tertiary/aromatic N) is 1. The molecule has 0 unspecified atom stereocenters. The standard InChI is InChI=1S/C18H24N2O/c1-3-20(4-2)14-16-8-5-9-17(11-16)19-13-15-7-6-10-18(21)12-15/h5-12,19,21H,3-4,13-14H2,1-2H3. The molecule has 0 amide bonds. The zero-order valence-corrected chi connectivity index (χ0v) is 12.8. The van der Waals surface area contributed by atoms with Gasteiger partial charge in [-0.25, -0.2) is 0 Å². The molecule has 0 bridgehead atoms. The number of nitrogens with one attached hydrogen (secondary N) is 1. The highest BCUT2D eigenvalue weighted by Gasteiger charge is 2.02. The maximum Gasteiger partial charge on any atom is 0.115 e. The number of anilines is 1. The van der Waals surface area contributed by atoms with Crippen LogP contribution in [-0.2, 0) is 13.1 Å². The number of phenolic OH excluding ortho intramolecular Hbond substituents is 1. The van der Waals surface area contributed by atoms with Crippen molar-refractivity contribution in [1.82, 2.24) is 4.90 Å². The van der Waals surface area contributed by atoms with E-state index in [9.17, 15) is 5.11 Å². The maximum absolute atomic E-state index is 9.47. The average molecular weight is 284 g/mol. The molecule has 0 heterocycles. The molecule has 0 aliphatic carbocycles.